The number of piperidine rings is 1. The summed E-state index contributed by atoms with van der Waals surface area (Å²) in [4.78, 5) is 19.4. The number of carbonyl (C=O) groups excluding carboxylic acids is 1. The molecule has 6 nitrogen and oxygen atoms in total. The minimum absolute atomic E-state index is 0.0873. The average Bonchev–Trinajstić information content (AvgIpc) is 2.72. The van der Waals surface area contributed by atoms with Gasteiger partial charge in [0.2, 0.25) is 0 Å². The third-order valence-electron chi connectivity index (χ3n) is 5.83. The molecule has 2 heterocycles. The Kier molecular flexibility index (Phi) is 8.87. The van der Waals surface area contributed by atoms with Crippen LogP contribution in [-0.2, 0) is 0 Å². The minimum Gasteiger partial charge on any atom is -0.396 e. The van der Waals surface area contributed by atoms with Gasteiger partial charge in [-0.3, -0.25) is 4.90 Å². The van der Waals surface area contributed by atoms with Crippen molar-refractivity contribution in [3.63, 3.8) is 0 Å². The molecule has 0 radical (unpaired) electrons. The molecular weight excluding hydrogens is 411 g/mol. The Morgan fingerprint density at radius 3 is 2.59 bits per heavy atom. The van der Waals surface area contributed by atoms with Crippen LogP contribution in [0.4, 0.5) is 10.5 Å². The van der Waals surface area contributed by atoms with Crippen molar-refractivity contribution in [3.05, 3.63) is 28.2 Å². The second-order valence-corrected chi connectivity index (χ2v) is 8.90. The number of piperazine rings is 1. The van der Waals surface area contributed by atoms with E-state index in [4.69, 9.17) is 28.3 Å². The molecule has 29 heavy (non-hydrogen) atoms. The molecule has 2 saturated heterocycles. The van der Waals surface area contributed by atoms with E-state index in [2.05, 4.69) is 15.1 Å². The lowest BCUT2D eigenvalue weighted by molar-refractivity contribution is 0.0997. The molecule has 2 N–H and O–H groups in total. The molecule has 8 heteroatoms. The standard InChI is InChI=1S/C21H32Cl2N4O2/c22-19-6-5-18(14-20(19)23)24-21(29)27-11-9-26(10-12-27)16-17-4-3-8-25(15-17)7-1-2-13-28/h5-6,14,17,28H,1-4,7-13,15-16H2,(H,24,29)/t17-/m1/s1. The summed E-state index contributed by atoms with van der Waals surface area (Å²) in [6, 6.07) is 5.04. The van der Waals surface area contributed by atoms with E-state index in [0.29, 0.717) is 28.3 Å². The first-order valence-electron chi connectivity index (χ1n) is 10.6. The maximum atomic E-state index is 12.5. The largest absolute Gasteiger partial charge is 0.396 e. The Bertz CT molecular complexity index is 668. The van der Waals surface area contributed by atoms with Gasteiger partial charge in [-0.2, -0.15) is 0 Å². The number of nitrogens with one attached hydrogen (secondary N) is 1. The smallest absolute Gasteiger partial charge is 0.321 e. The molecule has 0 unspecified atom stereocenters. The molecule has 1 aromatic rings. The van der Waals surface area contributed by atoms with Gasteiger partial charge < -0.3 is 20.2 Å². The Hall–Kier alpha value is -1.05. The monoisotopic (exact) mass is 442 g/mol. The summed E-state index contributed by atoms with van der Waals surface area (Å²) in [5, 5.41) is 12.8. The van der Waals surface area contributed by atoms with E-state index in [1.54, 1.807) is 18.2 Å². The lowest BCUT2D eigenvalue weighted by Gasteiger charge is -2.39. The fourth-order valence-electron chi connectivity index (χ4n) is 4.23. The summed E-state index contributed by atoms with van der Waals surface area (Å²) in [5.74, 6) is 0.703. The second kappa shape index (κ2) is 11.4. The number of carbonyl (C=O) groups is 1. The SMILES string of the molecule is O=C(Nc1ccc(Cl)c(Cl)c1)N1CCN(C[C@@H]2CCCN(CCCCO)C2)CC1. The first kappa shape index (κ1) is 22.6. The number of aliphatic hydroxyl groups excluding tert-OH is 1. The molecular formula is C21H32Cl2N4O2. The van der Waals surface area contributed by atoms with Crippen molar-refractivity contribution >= 4 is 34.9 Å². The first-order chi connectivity index (χ1) is 14.0. The highest BCUT2D eigenvalue weighted by Gasteiger charge is 2.25. The van der Waals surface area contributed by atoms with Crippen molar-refractivity contribution in [2.45, 2.75) is 25.7 Å². The maximum absolute atomic E-state index is 12.5. The van der Waals surface area contributed by atoms with Crippen LogP contribution in [0.25, 0.3) is 0 Å². The summed E-state index contributed by atoms with van der Waals surface area (Å²) in [6.07, 6.45) is 4.52. The molecule has 2 aliphatic heterocycles. The van der Waals surface area contributed by atoms with Gasteiger partial charge in [0, 0.05) is 51.6 Å². The number of rotatable bonds is 7. The van der Waals surface area contributed by atoms with Crippen LogP contribution in [0.3, 0.4) is 0 Å². The van der Waals surface area contributed by atoms with Crippen molar-refractivity contribution in [2.24, 2.45) is 5.92 Å². The van der Waals surface area contributed by atoms with Crippen molar-refractivity contribution in [1.82, 2.24) is 14.7 Å². The Morgan fingerprint density at radius 1 is 1.07 bits per heavy atom. The summed E-state index contributed by atoms with van der Waals surface area (Å²) < 4.78 is 0. The average molecular weight is 443 g/mol. The molecule has 162 valence electrons. The number of hydrogen-bond donors (Lipinski definition) is 2. The van der Waals surface area contributed by atoms with Gasteiger partial charge in [-0.25, -0.2) is 4.79 Å². The van der Waals surface area contributed by atoms with Crippen LogP contribution in [-0.4, -0.2) is 84.8 Å². The third kappa shape index (κ3) is 7.00. The highest BCUT2D eigenvalue weighted by molar-refractivity contribution is 6.42. The molecule has 0 aliphatic carbocycles. The number of likely N-dealkylation sites (tertiary alicyclic amines) is 1. The zero-order chi connectivity index (χ0) is 20.6. The normalized spacial score (nSPS) is 21.3. The quantitative estimate of drug-likeness (QED) is 0.632. The molecule has 2 aliphatic rings. The number of urea groups is 1. The van der Waals surface area contributed by atoms with Crippen molar-refractivity contribution in [2.75, 3.05) is 64.3 Å². The van der Waals surface area contributed by atoms with Crippen LogP contribution in [0.1, 0.15) is 25.7 Å². The number of benzene rings is 1. The number of amides is 2. The van der Waals surface area contributed by atoms with Gasteiger partial charge in [-0.1, -0.05) is 23.2 Å². The predicted octanol–water partition coefficient (Wildman–Crippen LogP) is 3.63. The molecule has 2 fully saturated rings. The van der Waals surface area contributed by atoms with E-state index < -0.39 is 0 Å². The Morgan fingerprint density at radius 2 is 1.86 bits per heavy atom. The molecule has 3 rings (SSSR count). The highest BCUT2D eigenvalue weighted by atomic mass is 35.5. The van der Waals surface area contributed by atoms with E-state index in [-0.39, 0.29) is 6.03 Å². The molecule has 0 saturated carbocycles. The fourth-order valence-corrected chi connectivity index (χ4v) is 4.52. The number of halogens is 2. The zero-order valence-electron chi connectivity index (χ0n) is 17.0. The molecule has 0 bridgehead atoms. The van der Waals surface area contributed by atoms with Crippen LogP contribution >= 0.6 is 23.2 Å². The molecule has 0 aromatic heterocycles. The van der Waals surface area contributed by atoms with Crippen molar-refractivity contribution < 1.29 is 9.90 Å². The topological polar surface area (TPSA) is 59.1 Å². The molecule has 2 amide bonds. The molecule has 1 aromatic carbocycles. The van der Waals surface area contributed by atoms with Crippen molar-refractivity contribution in [3.8, 4) is 0 Å². The number of anilines is 1. The van der Waals surface area contributed by atoms with Crippen LogP contribution in [0, 0.1) is 5.92 Å². The van der Waals surface area contributed by atoms with Crippen LogP contribution in [0.5, 0.6) is 0 Å². The summed E-state index contributed by atoms with van der Waals surface area (Å²) >= 11 is 12.0. The van der Waals surface area contributed by atoms with E-state index in [9.17, 15) is 4.79 Å². The van der Waals surface area contributed by atoms with Crippen molar-refractivity contribution in [1.29, 1.82) is 0 Å². The van der Waals surface area contributed by atoms with E-state index in [1.807, 2.05) is 4.90 Å². The van der Waals surface area contributed by atoms with Gasteiger partial charge in [-0.15, -0.1) is 0 Å². The molecule has 1 atom stereocenters. The van der Waals surface area contributed by atoms with Gasteiger partial charge in [0.1, 0.15) is 0 Å². The van der Waals surface area contributed by atoms with Gasteiger partial charge >= 0.3 is 6.03 Å². The lowest BCUT2D eigenvalue weighted by Crippen LogP contribution is -2.52. The number of aliphatic hydroxyl groups is 1. The maximum Gasteiger partial charge on any atom is 0.321 e. The Labute approximate surface area is 183 Å². The van der Waals surface area contributed by atoms with Gasteiger partial charge in [0.15, 0.2) is 0 Å². The minimum atomic E-state index is -0.0873. The molecule has 0 spiro atoms. The third-order valence-corrected chi connectivity index (χ3v) is 6.57. The predicted molar refractivity (Wildman–Crippen MR) is 119 cm³/mol. The number of unbranched alkanes of at least 4 members (excludes halogenated alkanes) is 1. The highest BCUT2D eigenvalue weighted by Crippen LogP contribution is 2.25. The van der Waals surface area contributed by atoms with E-state index in [0.717, 1.165) is 58.7 Å². The first-order valence-corrected chi connectivity index (χ1v) is 11.4. The zero-order valence-corrected chi connectivity index (χ0v) is 18.5. The van der Waals surface area contributed by atoms with Gasteiger partial charge in [0.05, 0.1) is 10.0 Å². The fraction of sp³-hybridized carbons (Fsp3) is 0.667. The lowest BCUT2D eigenvalue weighted by atomic mass is 9.97. The van der Waals surface area contributed by atoms with Gasteiger partial charge in [-0.05, 0) is 62.9 Å². The van der Waals surface area contributed by atoms with E-state index in [1.165, 1.54) is 19.4 Å². The van der Waals surface area contributed by atoms with Crippen LogP contribution in [0.15, 0.2) is 18.2 Å². The number of nitrogens with zero attached hydrogens (tertiary/aromatic N) is 3. The summed E-state index contributed by atoms with van der Waals surface area (Å²) in [7, 11) is 0. The van der Waals surface area contributed by atoms with Gasteiger partial charge in [0.25, 0.3) is 0 Å². The number of hydrogen-bond acceptors (Lipinski definition) is 4. The Balaban J connectivity index is 1.39. The van der Waals surface area contributed by atoms with Crippen LogP contribution < -0.4 is 5.32 Å². The summed E-state index contributed by atoms with van der Waals surface area (Å²) in [5.41, 5.74) is 0.662. The van der Waals surface area contributed by atoms with Crippen LogP contribution in [0.2, 0.25) is 10.0 Å². The summed E-state index contributed by atoms with van der Waals surface area (Å²) in [6.45, 7) is 8.14. The second-order valence-electron chi connectivity index (χ2n) is 8.09. The van der Waals surface area contributed by atoms with E-state index >= 15 is 0 Å².